The van der Waals surface area contributed by atoms with Crippen molar-refractivity contribution in [2.75, 3.05) is 18.6 Å². The van der Waals surface area contributed by atoms with Crippen molar-refractivity contribution in [2.24, 2.45) is 0 Å². The summed E-state index contributed by atoms with van der Waals surface area (Å²) in [5.41, 5.74) is 11.5. The zero-order chi connectivity index (χ0) is 13.3. The van der Waals surface area contributed by atoms with Crippen molar-refractivity contribution >= 4 is 23.7 Å². The Morgan fingerprint density at radius 1 is 1.33 bits per heavy atom. The highest BCUT2D eigenvalue weighted by atomic mass is 32.1. The van der Waals surface area contributed by atoms with Gasteiger partial charge in [-0.3, -0.25) is 14.3 Å². The summed E-state index contributed by atoms with van der Waals surface area (Å²) in [4.78, 5) is 13.9. The number of hydrogen-bond donors (Lipinski definition) is 3. The molecule has 0 saturated carbocycles. The summed E-state index contributed by atoms with van der Waals surface area (Å²) in [6.45, 7) is 0. The number of anilines is 2. The number of aromatic amines is 1. The molecule has 0 aliphatic rings. The molecule has 0 aliphatic heterocycles. The number of hydrogen-bond acceptors (Lipinski definition) is 5. The fourth-order valence-corrected chi connectivity index (χ4v) is 1.91. The molecule has 1 aromatic carbocycles. The molecular weight excluding hydrogens is 252 g/mol. The number of ether oxygens (including phenoxy) is 1. The molecule has 0 amide bonds. The molecule has 0 unspecified atom stereocenters. The first kappa shape index (κ1) is 12.2. The van der Waals surface area contributed by atoms with Gasteiger partial charge in [-0.1, -0.05) is 12.1 Å². The Labute approximate surface area is 108 Å². The summed E-state index contributed by atoms with van der Waals surface area (Å²) in [5.74, 6) is 0.667. The van der Waals surface area contributed by atoms with E-state index in [9.17, 15) is 4.79 Å². The maximum absolute atomic E-state index is 11.4. The van der Waals surface area contributed by atoms with Gasteiger partial charge in [-0.25, -0.2) is 0 Å². The Morgan fingerprint density at radius 3 is 2.67 bits per heavy atom. The number of benzene rings is 1. The Kier molecular flexibility index (Phi) is 3.07. The van der Waals surface area contributed by atoms with E-state index >= 15 is 0 Å². The summed E-state index contributed by atoms with van der Waals surface area (Å²) in [6.07, 6.45) is 0. The van der Waals surface area contributed by atoms with Crippen molar-refractivity contribution < 1.29 is 4.74 Å². The average molecular weight is 264 g/mol. The van der Waals surface area contributed by atoms with Crippen LogP contribution in [0.4, 0.5) is 11.5 Å². The molecule has 0 aliphatic carbocycles. The minimum Gasteiger partial charge on any atom is -0.495 e. The van der Waals surface area contributed by atoms with Crippen LogP contribution in [0.15, 0.2) is 29.1 Å². The van der Waals surface area contributed by atoms with Crippen LogP contribution in [0.5, 0.6) is 5.75 Å². The highest BCUT2D eigenvalue weighted by Gasteiger charge is 2.12. The van der Waals surface area contributed by atoms with Crippen LogP contribution in [0.25, 0.3) is 5.69 Å². The van der Waals surface area contributed by atoms with Crippen molar-refractivity contribution in [3.8, 4) is 11.4 Å². The van der Waals surface area contributed by atoms with Gasteiger partial charge in [0.15, 0.2) is 4.77 Å². The number of rotatable bonds is 2. The highest BCUT2D eigenvalue weighted by Crippen LogP contribution is 2.25. The van der Waals surface area contributed by atoms with Crippen LogP contribution in [0, 0.1) is 4.77 Å². The number of nitrogen functional groups attached to an aromatic ring is 2. The van der Waals surface area contributed by atoms with E-state index in [4.69, 9.17) is 28.4 Å². The van der Waals surface area contributed by atoms with Crippen LogP contribution in [-0.4, -0.2) is 16.7 Å². The molecule has 0 fully saturated rings. The van der Waals surface area contributed by atoms with E-state index in [1.54, 1.807) is 18.2 Å². The maximum Gasteiger partial charge on any atom is 0.277 e. The van der Waals surface area contributed by atoms with Crippen LogP contribution in [0.1, 0.15) is 0 Å². The molecule has 7 heteroatoms. The second kappa shape index (κ2) is 4.53. The topological polar surface area (TPSA) is 99.1 Å². The van der Waals surface area contributed by atoms with Crippen LogP contribution in [0.2, 0.25) is 0 Å². The molecule has 1 aromatic heterocycles. The molecule has 2 rings (SSSR count). The zero-order valence-corrected chi connectivity index (χ0v) is 10.5. The van der Waals surface area contributed by atoms with Gasteiger partial charge in [0.05, 0.1) is 12.8 Å². The Morgan fingerprint density at radius 2 is 2.00 bits per heavy atom. The molecule has 6 nitrogen and oxygen atoms in total. The van der Waals surface area contributed by atoms with Gasteiger partial charge in [0, 0.05) is 0 Å². The third kappa shape index (κ3) is 1.84. The van der Waals surface area contributed by atoms with Crippen LogP contribution >= 0.6 is 12.2 Å². The lowest BCUT2D eigenvalue weighted by Gasteiger charge is -2.14. The lowest BCUT2D eigenvalue weighted by molar-refractivity contribution is 0.412. The number of H-pyrrole nitrogens is 1. The highest BCUT2D eigenvalue weighted by molar-refractivity contribution is 7.71. The van der Waals surface area contributed by atoms with Crippen LogP contribution < -0.4 is 21.8 Å². The SMILES string of the molecule is COc1ccccc1-n1c(N)c(N)c(=O)[nH]c1=S. The van der Waals surface area contributed by atoms with Gasteiger partial charge >= 0.3 is 0 Å². The summed E-state index contributed by atoms with van der Waals surface area (Å²) in [7, 11) is 1.54. The predicted molar refractivity (Wildman–Crippen MR) is 72.6 cm³/mol. The summed E-state index contributed by atoms with van der Waals surface area (Å²) in [6, 6.07) is 7.15. The lowest BCUT2D eigenvalue weighted by atomic mass is 10.3. The minimum absolute atomic E-state index is 0.0745. The van der Waals surface area contributed by atoms with Gasteiger partial charge in [0.2, 0.25) is 0 Å². The molecule has 0 saturated heterocycles. The first-order valence-electron chi connectivity index (χ1n) is 5.10. The Bertz CT molecular complexity index is 705. The molecule has 5 N–H and O–H groups in total. The number of nitrogens with zero attached hydrogens (tertiary/aromatic N) is 1. The smallest absolute Gasteiger partial charge is 0.277 e. The Hall–Kier alpha value is -2.28. The summed E-state index contributed by atoms with van der Waals surface area (Å²) < 4.78 is 6.85. The summed E-state index contributed by atoms with van der Waals surface area (Å²) in [5, 5.41) is 0. The number of para-hydroxylation sites is 2. The number of nitrogens with one attached hydrogen (secondary N) is 1. The minimum atomic E-state index is -0.497. The first-order valence-corrected chi connectivity index (χ1v) is 5.50. The monoisotopic (exact) mass is 264 g/mol. The van der Waals surface area contributed by atoms with Crippen molar-refractivity contribution in [1.82, 2.24) is 9.55 Å². The standard InChI is InChI=1S/C11H12N4O2S/c1-17-7-5-3-2-4-6(7)15-9(13)8(12)10(16)14-11(15)18/h2-5H,12-13H2,1H3,(H,14,16,18). The zero-order valence-electron chi connectivity index (χ0n) is 9.64. The van der Waals surface area contributed by atoms with E-state index in [1.165, 1.54) is 11.7 Å². The van der Waals surface area contributed by atoms with Gasteiger partial charge in [-0.2, -0.15) is 0 Å². The largest absolute Gasteiger partial charge is 0.495 e. The van der Waals surface area contributed by atoms with Crippen molar-refractivity contribution in [3.63, 3.8) is 0 Å². The van der Waals surface area contributed by atoms with Crippen molar-refractivity contribution in [3.05, 3.63) is 39.4 Å². The van der Waals surface area contributed by atoms with Crippen molar-refractivity contribution in [2.45, 2.75) is 0 Å². The quantitative estimate of drug-likeness (QED) is 0.705. The van der Waals surface area contributed by atoms with Crippen LogP contribution in [0.3, 0.4) is 0 Å². The molecule has 18 heavy (non-hydrogen) atoms. The molecule has 0 radical (unpaired) electrons. The molecule has 0 atom stereocenters. The lowest BCUT2D eigenvalue weighted by Crippen LogP contribution is -2.21. The van der Waals surface area contributed by atoms with Gasteiger partial charge in [0.25, 0.3) is 5.56 Å². The molecule has 0 spiro atoms. The Balaban J connectivity index is 2.84. The third-order valence-electron chi connectivity index (χ3n) is 2.51. The second-order valence-electron chi connectivity index (χ2n) is 3.57. The molecule has 2 aromatic rings. The van der Waals surface area contributed by atoms with Crippen molar-refractivity contribution in [1.29, 1.82) is 0 Å². The summed E-state index contributed by atoms with van der Waals surface area (Å²) >= 11 is 5.09. The van der Waals surface area contributed by atoms with E-state index in [0.717, 1.165) is 0 Å². The fourth-order valence-electron chi connectivity index (χ4n) is 1.62. The number of aromatic nitrogens is 2. The normalized spacial score (nSPS) is 10.3. The van der Waals surface area contributed by atoms with Gasteiger partial charge in [0.1, 0.15) is 17.3 Å². The van der Waals surface area contributed by atoms with E-state index < -0.39 is 5.56 Å². The number of methoxy groups -OCH3 is 1. The molecule has 94 valence electrons. The van der Waals surface area contributed by atoms with Gasteiger partial charge in [-0.05, 0) is 24.4 Å². The fraction of sp³-hybridized carbons (Fsp3) is 0.0909. The first-order chi connectivity index (χ1) is 8.56. The third-order valence-corrected chi connectivity index (χ3v) is 2.80. The van der Waals surface area contributed by atoms with E-state index in [1.807, 2.05) is 6.07 Å². The molecular formula is C11H12N4O2S. The number of nitrogens with two attached hydrogens (primary N) is 2. The molecule has 0 bridgehead atoms. The predicted octanol–water partition coefficient (Wildman–Crippen LogP) is 1.07. The average Bonchev–Trinajstić information content (AvgIpc) is 2.37. The van der Waals surface area contributed by atoms with E-state index in [-0.39, 0.29) is 16.3 Å². The van der Waals surface area contributed by atoms with Gasteiger partial charge in [-0.15, -0.1) is 0 Å². The second-order valence-corrected chi connectivity index (χ2v) is 3.95. The van der Waals surface area contributed by atoms with E-state index in [0.29, 0.717) is 11.4 Å². The van der Waals surface area contributed by atoms with E-state index in [2.05, 4.69) is 4.98 Å². The van der Waals surface area contributed by atoms with Gasteiger partial charge < -0.3 is 16.2 Å². The maximum atomic E-state index is 11.4. The molecule has 1 heterocycles. The van der Waals surface area contributed by atoms with Crippen LogP contribution in [-0.2, 0) is 0 Å².